The van der Waals surface area contributed by atoms with E-state index in [9.17, 15) is 0 Å². The molecule has 1 aromatic rings. The highest BCUT2D eigenvalue weighted by Gasteiger charge is 2.20. The molecule has 1 heterocycles. The molecule has 1 aliphatic carbocycles. The molecule has 1 aliphatic rings. The molecule has 0 bridgehead atoms. The third-order valence-electron chi connectivity index (χ3n) is 3.22. The van der Waals surface area contributed by atoms with E-state index >= 15 is 0 Å². The van der Waals surface area contributed by atoms with Gasteiger partial charge in [-0.05, 0) is 31.2 Å². The van der Waals surface area contributed by atoms with Crippen LogP contribution in [0.1, 0.15) is 19.3 Å². The fourth-order valence-corrected chi connectivity index (χ4v) is 1.86. The second kappa shape index (κ2) is 8.58. The minimum atomic E-state index is 0.805. The summed E-state index contributed by atoms with van der Waals surface area (Å²) in [6, 6.07) is 1.93. The van der Waals surface area contributed by atoms with Crippen molar-refractivity contribution in [1.29, 1.82) is 0 Å². The molecule has 0 spiro atoms. The number of aromatic nitrogens is 2. The number of hydrogen-bond donors (Lipinski definition) is 2. The first kappa shape index (κ1) is 14.8. The predicted molar refractivity (Wildman–Crippen MR) is 79.8 cm³/mol. The first-order valence-electron chi connectivity index (χ1n) is 7.38. The topological polar surface area (TPSA) is 63.5 Å². The van der Waals surface area contributed by atoms with Crippen LogP contribution < -0.4 is 10.6 Å². The quantitative estimate of drug-likeness (QED) is 0.400. The lowest BCUT2D eigenvalue weighted by molar-refractivity contribution is 0.123. The molecule has 1 saturated carbocycles. The monoisotopic (exact) mass is 279 g/mol. The Morgan fingerprint density at radius 3 is 2.95 bits per heavy atom. The van der Waals surface area contributed by atoms with E-state index < -0.39 is 0 Å². The lowest BCUT2D eigenvalue weighted by Gasteiger charge is -2.12. The molecule has 6 heteroatoms. The van der Waals surface area contributed by atoms with Crippen molar-refractivity contribution >= 4 is 5.96 Å². The van der Waals surface area contributed by atoms with Gasteiger partial charge in [-0.2, -0.15) is 5.10 Å². The maximum Gasteiger partial charge on any atom is 0.191 e. The number of nitrogens with zero attached hydrogens (tertiary/aromatic N) is 3. The van der Waals surface area contributed by atoms with Crippen molar-refractivity contribution in [2.75, 3.05) is 33.4 Å². The number of hydrogen-bond acceptors (Lipinski definition) is 3. The molecule has 0 radical (unpaired) electrons. The highest BCUT2D eigenvalue weighted by molar-refractivity contribution is 5.79. The summed E-state index contributed by atoms with van der Waals surface area (Å²) in [5, 5.41) is 10.7. The molecule has 0 aliphatic heterocycles. The van der Waals surface area contributed by atoms with Crippen molar-refractivity contribution in [1.82, 2.24) is 20.4 Å². The van der Waals surface area contributed by atoms with E-state index in [1.807, 2.05) is 16.9 Å². The molecule has 0 aromatic carbocycles. The van der Waals surface area contributed by atoms with Crippen molar-refractivity contribution < 1.29 is 4.74 Å². The average Bonchev–Trinajstić information content (AvgIpc) is 3.14. The molecular formula is C14H25N5O. The first-order valence-corrected chi connectivity index (χ1v) is 7.38. The minimum absolute atomic E-state index is 0.805. The summed E-state index contributed by atoms with van der Waals surface area (Å²) in [6.45, 7) is 4.29. The standard InChI is InChI=1S/C14H25N5O/c1-15-14(17-8-10-19-9-2-7-18-19)16-6-3-11-20-12-13-4-5-13/h2,7,9,13H,3-6,8,10-12H2,1H3,(H2,15,16,17). The Balaban J connectivity index is 1.46. The van der Waals surface area contributed by atoms with Crippen LogP contribution in [0.3, 0.4) is 0 Å². The molecule has 112 valence electrons. The summed E-state index contributed by atoms with van der Waals surface area (Å²) in [5.41, 5.74) is 0. The molecule has 0 unspecified atom stereocenters. The molecule has 2 rings (SSSR count). The van der Waals surface area contributed by atoms with Gasteiger partial charge in [0, 0.05) is 45.7 Å². The van der Waals surface area contributed by atoms with Gasteiger partial charge in [0.1, 0.15) is 0 Å². The Morgan fingerprint density at radius 1 is 1.40 bits per heavy atom. The van der Waals surface area contributed by atoms with E-state index in [0.29, 0.717) is 0 Å². The predicted octanol–water partition coefficient (Wildman–Crippen LogP) is 0.865. The third kappa shape index (κ3) is 6.06. The summed E-state index contributed by atoms with van der Waals surface area (Å²) in [6.07, 6.45) is 7.45. The summed E-state index contributed by atoms with van der Waals surface area (Å²) in [5.74, 6) is 1.68. The molecule has 0 saturated heterocycles. The minimum Gasteiger partial charge on any atom is -0.381 e. The summed E-state index contributed by atoms with van der Waals surface area (Å²) in [4.78, 5) is 4.19. The third-order valence-corrected chi connectivity index (χ3v) is 3.22. The van der Waals surface area contributed by atoms with Gasteiger partial charge in [-0.25, -0.2) is 0 Å². The number of ether oxygens (including phenoxy) is 1. The zero-order valence-corrected chi connectivity index (χ0v) is 12.2. The molecule has 6 nitrogen and oxygen atoms in total. The van der Waals surface area contributed by atoms with Gasteiger partial charge in [0.2, 0.25) is 0 Å². The second-order valence-corrected chi connectivity index (χ2v) is 5.07. The van der Waals surface area contributed by atoms with Crippen LogP contribution in [-0.4, -0.2) is 49.1 Å². The van der Waals surface area contributed by atoms with E-state index in [1.165, 1.54) is 12.8 Å². The Kier molecular flexibility index (Phi) is 6.37. The maximum absolute atomic E-state index is 5.59. The van der Waals surface area contributed by atoms with Gasteiger partial charge in [0.05, 0.1) is 6.54 Å². The Morgan fingerprint density at radius 2 is 2.25 bits per heavy atom. The van der Waals surface area contributed by atoms with Crippen molar-refractivity contribution in [3.8, 4) is 0 Å². The zero-order chi connectivity index (χ0) is 14.0. The Bertz CT molecular complexity index is 386. The fraction of sp³-hybridized carbons (Fsp3) is 0.714. The van der Waals surface area contributed by atoms with Gasteiger partial charge in [0.25, 0.3) is 0 Å². The number of nitrogens with one attached hydrogen (secondary N) is 2. The van der Waals surface area contributed by atoms with Gasteiger partial charge >= 0.3 is 0 Å². The molecular weight excluding hydrogens is 254 g/mol. The number of rotatable bonds is 9. The van der Waals surface area contributed by atoms with Crippen LogP contribution in [-0.2, 0) is 11.3 Å². The van der Waals surface area contributed by atoms with Crippen LogP contribution in [0.4, 0.5) is 0 Å². The molecule has 0 atom stereocenters. The Hall–Kier alpha value is -1.56. The maximum atomic E-state index is 5.59. The van der Waals surface area contributed by atoms with E-state index in [2.05, 4.69) is 20.7 Å². The van der Waals surface area contributed by atoms with Gasteiger partial charge in [0.15, 0.2) is 5.96 Å². The van der Waals surface area contributed by atoms with E-state index in [-0.39, 0.29) is 0 Å². The van der Waals surface area contributed by atoms with Gasteiger partial charge in [-0.1, -0.05) is 0 Å². The average molecular weight is 279 g/mol. The van der Waals surface area contributed by atoms with Crippen LogP contribution in [0.15, 0.2) is 23.5 Å². The zero-order valence-electron chi connectivity index (χ0n) is 12.2. The molecule has 0 amide bonds. The van der Waals surface area contributed by atoms with Crippen LogP contribution >= 0.6 is 0 Å². The van der Waals surface area contributed by atoms with Gasteiger partial charge < -0.3 is 15.4 Å². The second-order valence-electron chi connectivity index (χ2n) is 5.07. The van der Waals surface area contributed by atoms with Crippen LogP contribution in [0.5, 0.6) is 0 Å². The largest absolute Gasteiger partial charge is 0.381 e. The SMILES string of the molecule is CN=C(NCCCOCC1CC1)NCCn1cccn1. The smallest absolute Gasteiger partial charge is 0.191 e. The fourth-order valence-electron chi connectivity index (χ4n) is 1.86. The van der Waals surface area contributed by atoms with Crippen molar-refractivity contribution in [3.05, 3.63) is 18.5 Å². The van der Waals surface area contributed by atoms with Crippen molar-refractivity contribution in [2.24, 2.45) is 10.9 Å². The van der Waals surface area contributed by atoms with Crippen molar-refractivity contribution in [3.63, 3.8) is 0 Å². The molecule has 1 fully saturated rings. The normalized spacial score (nSPS) is 15.3. The van der Waals surface area contributed by atoms with E-state index in [0.717, 1.165) is 51.1 Å². The Labute approximate surface area is 120 Å². The highest BCUT2D eigenvalue weighted by Crippen LogP contribution is 2.28. The van der Waals surface area contributed by atoms with Gasteiger partial charge in [-0.3, -0.25) is 9.67 Å². The summed E-state index contributed by atoms with van der Waals surface area (Å²) < 4.78 is 7.49. The molecule has 2 N–H and O–H groups in total. The lowest BCUT2D eigenvalue weighted by atomic mass is 10.4. The van der Waals surface area contributed by atoms with E-state index in [4.69, 9.17) is 4.74 Å². The molecule has 20 heavy (non-hydrogen) atoms. The number of aliphatic imine (C=N–C) groups is 1. The van der Waals surface area contributed by atoms with Crippen LogP contribution in [0.25, 0.3) is 0 Å². The summed E-state index contributed by atoms with van der Waals surface area (Å²) >= 11 is 0. The highest BCUT2D eigenvalue weighted by atomic mass is 16.5. The summed E-state index contributed by atoms with van der Waals surface area (Å²) in [7, 11) is 1.78. The van der Waals surface area contributed by atoms with E-state index in [1.54, 1.807) is 13.2 Å². The van der Waals surface area contributed by atoms with Crippen LogP contribution in [0, 0.1) is 5.92 Å². The molecule has 1 aromatic heterocycles. The van der Waals surface area contributed by atoms with Crippen molar-refractivity contribution in [2.45, 2.75) is 25.8 Å². The van der Waals surface area contributed by atoms with Crippen LogP contribution in [0.2, 0.25) is 0 Å². The van der Waals surface area contributed by atoms with Gasteiger partial charge in [-0.15, -0.1) is 0 Å². The number of guanidine groups is 1. The lowest BCUT2D eigenvalue weighted by Crippen LogP contribution is -2.39. The first-order chi connectivity index (χ1) is 9.88.